The number of nitrogen functional groups attached to an aromatic ring is 1. The van der Waals surface area contributed by atoms with Crippen LogP contribution < -0.4 is 11.1 Å². The fraction of sp³-hybridized carbons (Fsp3) is 0.385. The molecule has 3 N–H and O–H groups in total. The summed E-state index contributed by atoms with van der Waals surface area (Å²) in [5, 5.41) is 10.3. The van der Waals surface area contributed by atoms with Crippen molar-refractivity contribution in [3.8, 4) is 6.07 Å². The summed E-state index contributed by atoms with van der Waals surface area (Å²) in [5.74, 6) is -0.505. The fourth-order valence-corrected chi connectivity index (χ4v) is 4.01. The quantitative estimate of drug-likeness (QED) is 0.791. The molecule has 20 heavy (non-hydrogen) atoms. The largest absolute Gasteiger partial charge is 0.397 e. The van der Waals surface area contributed by atoms with Crippen molar-refractivity contribution in [2.45, 2.75) is 24.5 Å². The number of carbonyl (C=O) groups excluding carboxylic acids is 1. The maximum absolute atomic E-state index is 12.1. The predicted octanol–water partition coefficient (Wildman–Crippen LogP) is 1.05. The molecule has 1 unspecified atom stereocenters. The summed E-state index contributed by atoms with van der Waals surface area (Å²) in [6.07, 6.45) is 1.66. The van der Waals surface area contributed by atoms with Gasteiger partial charge in [0.15, 0.2) is 9.84 Å². The van der Waals surface area contributed by atoms with Crippen molar-refractivity contribution in [3.63, 3.8) is 0 Å². The Morgan fingerprint density at radius 2 is 2.15 bits per heavy atom. The van der Waals surface area contributed by atoms with E-state index in [9.17, 15) is 13.2 Å². The standard InChI is InChI=1S/C13H15N3O3S/c14-8-9-4-5-11(10(15)7-9)16-13(17)12-3-1-2-6-20(12,18)19/h4-5,7,12H,1-3,6,15H2,(H,16,17). The minimum atomic E-state index is -3.37. The molecule has 0 aliphatic carbocycles. The van der Waals surface area contributed by atoms with Crippen LogP contribution in [0.2, 0.25) is 0 Å². The number of rotatable bonds is 2. The van der Waals surface area contributed by atoms with Gasteiger partial charge in [0, 0.05) is 0 Å². The van der Waals surface area contributed by atoms with Crippen LogP contribution in [0.15, 0.2) is 18.2 Å². The van der Waals surface area contributed by atoms with Crippen molar-refractivity contribution in [1.29, 1.82) is 5.26 Å². The molecular formula is C13H15N3O3S. The Morgan fingerprint density at radius 3 is 2.75 bits per heavy atom. The number of hydrogen-bond acceptors (Lipinski definition) is 5. The molecule has 0 bridgehead atoms. The summed E-state index contributed by atoms with van der Waals surface area (Å²) in [4.78, 5) is 12.1. The third kappa shape index (κ3) is 2.91. The van der Waals surface area contributed by atoms with Gasteiger partial charge in [-0.25, -0.2) is 8.42 Å². The average molecular weight is 293 g/mol. The van der Waals surface area contributed by atoms with Crippen LogP contribution in [0.3, 0.4) is 0 Å². The summed E-state index contributed by atoms with van der Waals surface area (Å²) in [6, 6.07) is 6.39. The Labute approximate surface area is 117 Å². The van der Waals surface area contributed by atoms with E-state index in [1.165, 1.54) is 18.2 Å². The maximum atomic E-state index is 12.1. The zero-order valence-electron chi connectivity index (χ0n) is 10.8. The topological polar surface area (TPSA) is 113 Å². The molecule has 1 aromatic carbocycles. The van der Waals surface area contributed by atoms with E-state index in [1.807, 2.05) is 6.07 Å². The molecule has 1 saturated heterocycles. The first-order valence-corrected chi connectivity index (χ1v) is 7.97. The molecule has 0 aromatic heterocycles. The number of amides is 1. The SMILES string of the molecule is N#Cc1ccc(NC(=O)C2CCCCS2(=O)=O)c(N)c1. The van der Waals surface area contributed by atoms with Crippen LogP contribution >= 0.6 is 0 Å². The molecule has 1 aliphatic heterocycles. The molecule has 6 nitrogen and oxygen atoms in total. The van der Waals surface area contributed by atoms with Crippen LogP contribution in [0, 0.1) is 11.3 Å². The number of sulfone groups is 1. The van der Waals surface area contributed by atoms with E-state index in [-0.39, 0.29) is 11.4 Å². The van der Waals surface area contributed by atoms with Gasteiger partial charge in [-0.15, -0.1) is 0 Å². The number of nitrogens with two attached hydrogens (primary N) is 1. The molecule has 2 rings (SSSR count). The summed E-state index contributed by atoms with van der Waals surface area (Å²) in [7, 11) is -3.37. The first-order chi connectivity index (χ1) is 9.44. The van der Waals surface area contributed by atoms with Gasteiger partial charge in [0.1, 0.15) is 5.25 Å². The first kappa shape index (κ1) is 14.3. The normalized spacial score (nSPS) is 20.9. The second kappa shape index (κ2) is 5.51. The highest BCUT2D eigenvalue weighted by atomic mass is 32.2. The van der Waals surface area contributed by atoms with Gasteiger partial charge in [-0.05, 0) is 31.0 Å². The number of nitriles is 1. The average Bonchev–Trinajstić information content (AvgIpc) is 2.40. The summed E-state index contributed by atoms with van der Waals surface area (Å²) in [5.41, 5.74) is 6.68. The molecule has 0 saturated carbocycles. The van der Waals surface area contributed by atoms with Crippen molar-refractivity contribution in [2.24, 2.45) is 0 Å². The minimum absolute atomic E-state index is 0.0495. The van der Waals surface area contributed by atoms with Crippen LogP contribution in [-0.2, 0) is 14.6 Å². The lowest BCUT2D eigenvalue weighted by atomic mass is 10.1. The number of hydrogen-bond donors (Lipinski definition) is 2. The van der Waals surface area contributed by atoms with E-state index in [1.54, 1.807) is 0 Å². The number of benzene rings is 1. The second-order valence-corrected chi connectivity index (χ2v) is 7.06. The van der Waals surface area contributed by atoms with Gasteiger partial charge in [-0.3, -0.25) is 4.79 Å². The molecule has 7 heteroatoms. The molecule has 1 amide bonds. The second-order valence-electron chi connectivity index (χ2n) is 4.75. The third-order valence-electron chi connectivity index (χ3n) is 3.31. The van der Waals surface area contributed by atoms with Gasteiger partial charge in [0.05, 0.1) is 28.8 Å². The number of anilines is 2. The lowest BCUT2D eigenvalue weighted by Crippen LogP contribution is -2.39. The Hall–Kier alpha value is -2.07. The van der Waals surface area contributed by atoms with Gasteiger partial charge in [-0.2, -0.15) is 5.26 Å². The van der Waals surface area contributed by atoms with Crippen LogP contribution in [-0.4, -0.2) is 25.3 Å². The van der Waals surface area contributed by atoms with Crippen LogP contribution in [0.5, 0.6) is 0 Å². The van der Waals surface area contributed by atoms with Crippen LogP contribution in [0.4, 0.5) is 11.4 Å². The summed E-state index contributed by atoms with van der Waals surface area (Å²) >= 11 is 0. The highest BCUT2D eigenvalue weighted by molar-refractivity contribution is 7.92. The highest BCUT2D eigenvalue weighted by Crippen LogP contribution is 2.24. The number of nitrogens with zero attached hydrogens (tertiary/aromatic N) is 1. The van der Waals surface area contributed by atoms with Crippen molar-refractivity contribution >= 4 is 27.1 Å². The maximum Gasteiger partial charge on any atom is 0.242 e. The van der Waals surface area contributed by atoms with E-state index in [0.717, 1.165) is 6.42 Å². The Balaban J connectivity index is 2.18. The zero-order chi connectivity index (χ0) is 14.8. The molecule has 1 atom stereocenters. The van der Waals surface area contributed by atoms with Crippen molar-refractivity contribution < 1.29 is 13.2 Å². The lowest BCUT2D eigenvalue weighted by Gasteiger charge is -2.21. The van der Waals surface area contributed by atoms with Gasteiger partial charge in [-0.1, -0.05) is 6.42 Å². The molecule has 1 aliphatic rings. The Bertz CT molecular complexity index is 677. The summed E-state index contributed by atoms with van der Waals surface area (Å²) < 4.78 is 23.7. The Kier molecular flexibility index (Phi) is 3.95. The van der Waals surface area contributed by atoms with E-state index in [2.05, 4.69) is 5.32 Å². The minimum Gasteiger partial charge on any atom is -0.397 e. The number of carbonyl (C=O) groups is 1. The smallest absolute Gasteiger partial charge is 0.242 e. The van der Waals surface area contributed by atoms with Crippen LogP contribution in [0.25, 0.3) is 0 Å². The van der Waals surface area contributed by atoms with E-state index in [0.29, 0.717) is 24.1 Å². The molecule has 0 radical (unpaired) electrons. The van der Waals surface area contributed by atoms with Gasteiger partial charge < -0.3 is 11.1 Å². The van der Waals surface area contributed by atoms with Crippen molar-refractivity contribution in [1.82, 2.24) is 0 Å². The van der Waals surface area contributed by atoms with Crippen molar-refractivity contribution in [2.75, 3.05) is 16.8 Å². The third-order valence-corrected chi connectivity index (χ3v) is 5.48. The molecule has 1 aromatic rings. The van der Waals surface area contributed by atoms with Gasteiger partial charge >= 0.3 is 0 Å². The molecule has 1 heterocycles. The van der Waals surface area contributed by atoms with Gasteiger partial charge in [0.25, 0.3) is 0 Å². The lowest BCUT2D eigenvalue weighted by molar-refractivity contribution is -0.116. The van der Waals surface area contributed by atoms with E-state index >= 15 is 0 Å². The number of nitrogens with one attached hydrogen (secondary N) is 1. The molecule has 1 fully saturated rings. The summed E-state index contributed by atoms with van der Waals surface area (Å²) in [6.45, 7) is 0. The molecular weight excluding hydrogens is 278 g/mol. The van der Waals surface area contributed by atoms with Crippen LogP contribution in [0.1, 0.15) is 24.8 Å². The predicted molar refractivity (Wildman–Crippen MR) is 75.6 cm³/mol. The van der Waals surface area contributed by atoms with Gasteiger partial charge in [0.2, 0.25) is 5.91 Å². The molecule has 0 spiro atoms. The van der Waals surface area contributed by atoms with E-state index < -0.39 is 21.0 Å². The highest BCUT2D eigenvalue weighted by Gasteiger charge is 2.34. The zero-order valence-corrected chi connectivity index (χ0v) is 11.6. The Morgan fingerprint density at radius 1 is 1.40 bits per heavy atom. The van der Waals surface area contributed by atoms with E-state index in [4.69, 9.17) is 11.0 Å². The fourth-order valence-electron chi connectivity index (χ4n) is 2.21. The monoisotopic (exact) mass is 293 g/mol. The van der Waals surface area contributed by atoms with Crippen molar-refractivity contribution in [3.05, 3.63) is 23.8 Å². The molecule has 106 valence electrons. The first-order valence-electron chi connectivity index (χ1n) is 6.26.